The fourth-order valence-corrected chi connectivity index (χ4v) is 8.90. The number of hydrogen-bond acceptors (Lipinski definition) is 2. The van der Waals surface area contributed by atoms with Gasteiger partial charge in [0, 0.05) is 50.5 Å². The van der Waals surface area contributed by atoms with Crippen molar-refractivity contribution >= 4 is 65.4 Å². The summed E-state index contributed by atoms with van der Waals surface area (Å²) >= 11 is 1.93. The molecule has 196 valence electrons. The Kier molecular flexibility index (Phi) is 4.84. The Balaban J connectivity index is 1.23. The third-order valence-corrected chi connectivity index (χ3v) is 10.7. The molecule has 3 aliphatic rings. The van der Waals surface area contributed by atoms with E-state index in [0.29, 0.717) is 6.04 Å². The molecule has 3 heterocycles. The summed E-state index contributed by atoms with van der Waals surface area (Å²) in [6.45, 7) is 3.29. The van der Waals surface area contributed by atoms with Crippen LogP contribution < -0.4 is 9.80 Å². The molecular weight excluding hydrogens is 516 g/mol. The number of nitrogens with one attached hydrogen (secondary N) is 1. The molecule has 6 aromatic rings. The summed E-state index contributed by atoms with van der Waals surface area (Å²) in [5.41, 5.74) is 13.6. The molecule has 2 unspecified atom stereocenters. The lowest BCUT2D eigenvalue weighted by molar-refractivity contribution is 0.561. The zero-order valence-electron chi connectivity index (χ0n) is 22.9. The number of nitrogens with zero attached hydrogens (tertiary/aromatic N) is 1. The van der Waals surface area contributed by atoms with Crippen molar-refractivity contribution in [3.63, 3.8) is 0 Å². The second kappa shape index (κ2) is 8.53. The maximum absolute atomic E-state index is 3.76. The third kappa shape index (κ3) is 3.11. The first-order chi connectivity index (χ1) is 20.3. The average Bonchev–Trinajstić information content (AvgIpc) is 3.68. The normalized spacial score (nSPS) is 20.2. The van der Waals surface area contributed by atoms with Crippen LogP contribution in [-0.4, -0.2) is 12.6 Å². The molecule has 1 N–H and O–H groups in total. The minimum Gasteiger partial charge on any atom is -0.377 e. The quantitative estimate of drug-likeness (QED) is 0.218. The summed E-state index contributed by atoms with van der Waals surface area (Å²) in [5.74, 6) is 0. The van der Waals surface area contributed by atoms with Crippen LogP contribution in [0.2, 0.25) is 0 Å². The zero-order chi connectivity index (χ0) is 27.1. The largest absolute Gasteiger partial charge is 0.377 e. The van der Waals surface area contributed by atoms with Crippen LogP contribution in [0.25, 0.3) is 42.4 Å². The Morgan fingerprint density at radius 1 is 0.707 bits per heavy atom. The number of allylic oxidation sites excluding steroid dienone is 2. The van der Waals surface area contributed by atoms with Crippen molar-refractivity contribution in [1.29, 1.82) is 0 Å². The van der Waals surface area contributed by atoms with Crippen molar-refractivity contribution in [3.8, 4) is 11.1 Å². The van der Waals surface area contributed by atoms with Crippen LogP contribution in [0.3, 0.4) is 0 Å². The van der Waals surface area contributed by atoms with Gasteiger partial charge in [-0.25, -0.2) is 4.48 Å². The summed E-state index contributed by atoms with van der Waals surface area (Å²) in [6.07, 6.45) is 5.67. The number of hydrogen-bond donors (Lipinski definition) is 1. The van der Waals surface area contributed by atoms with Crippen molar-refractivity contribution in [2.45, 2.75) is 19.4 Å². The summed E-state index contributed by atoms with van der Waals surface area (Å²) in [5, 5.41) is 6.48. The van der Waals surface area contributed by atoms with Crippen molar-refractivity contribution in [3.05, 3.63) is 132 Å². The van der Waals surface area contributed by atoms with E-state index < -0.39 is 0 Å². The van der Waals surface area contributed by atoms with Gasteiger partial charge in [0.25, 0.3) is 0 Å². The minimum atomic E-state index is 0.337. The van der Waals surface area contributed by atoms with E-state index in [-0.39, 0.29) is 0 Å². The van der Waals surface area contributed by atoms with E-state index in [1.807, 2.05) is 11.3 Å². The van der Waals surface area contributed by atoms with E-state index in [4.69, 9.17) is 0 Å². The fraction of sp³-hybridized carbons (Fsp3) is 0.105. The molecule has 0 spiro atoms. The number of anilines is 1. The molecule has 0 bridgehead atoms. The number of rotatable bonds is 3. The van der Waals surface area contributed by atoms with Gasteiger partial charge in [0.1, 0.15) is 0 Å². The van der Waals surface area contributed by atoms with Crippen LogP contribution >= 0.6 is 11.3 Å². The summed E-state index contributed by atoms with van der Waals surface area (Å²) < 4.78 is 3.49. The Morgan fingerprint density at radius 2 is 1.46 bits per heavy atom. The number of para-hydroxylation sites is 2. The van der Waals surface area contributed by atoms with Crippen molar-refractivity contribution in [2.24, 2.45) is 0 Å². The molecular formula is C38H29N2S+. The van der Waals surface area contributed by atoms with Gasteiger partial charge < -0.3 is 5.32 Å². The van der Waals surface area contributed by atoms with Crippen LogP contribution in [-0.2, 0) is 0 Å². The molecule has 0 amide bonds. The highest BCUT2D eigenvalue weighted by Crippen LogP contribution is 2.60. The van der Waals surface area contributed by atoms with E-state index in [2.05, 4.69) is 134 Å². The van der Waals surface area contributed by atoms with E-state index >= 15 is 0 Å². The SMILES string of the molecule is CC[N+]1(c2cccc3c2sc2ccccc23)c2ccccc2-c2cc(C3=CC=C4c5ccccc5NC4C3)ccc21. The predicted octanol–water partition coefficient (Wildman–Crippen LogP) is 10.7. The Hall–Kier alpha value is -4.44. The highest BCUT2D eigenvalue weighted by molar-refractivity contribution is 7.26. The van der Waals surface area contributed by atoms with Gasteiger partial charge in [-0.15, -0.1) is 11.3 Å². The van der Waals surface area contributed by atoms with E-state index in [1.54, 1.807) is 0 Å². The molecule has 2 atom stereocenters. The lowest BCUT2D eigenvalue weighted by Gasteiger charge is -2.34. The first-order valence-electron chi connectivity index (χ1n) is 14.6. The first-order valence-corrected chi connectivity index (χ1v) is 15.4. The summed E-state index contributed by atoms with van der Waals surface area (Å²) in [6, 6.07) is 41.1. The molecule has 1 aliphatic carbocycles. The van der Waals surface area contributed by atoms with Gasteiger partial charge in [-0.05, 0) is 60.4 Å². The highest BCUT2D eigenvalue weighted by Gasteiger charge is 2.46. The molecule has 0 radical (unpaired) electrons. The average molecular weight is 546 g/mol. The van der Waals surface area contributed by atoms with Gasteiger partial charge in [0.15, 0.2) is 17.1 Å². The maximum Gasteiger partial charge on any atom is 0.161 e. The van der Waals surface area contributed by atoms with Gasteiger partial charge in [-0.3, -0.25) is 0 Å². The second-order valence-electron chi connectivity index (χ2n) is 11.4. The number of quaternary nitrogens is 1. The molecule has 0 fully saturated rings. The Morgan fingerprint density at radius 3 is 2.39 bits per heavy atom. The first kappa shape index (κ1) is 23.3. The van der Waals surface area contributed by atoms with Crippen LogP contribution in [0.4, 0.5) is 22.7 Å². The molecule has 9 rings (SSSR count). The van der Waals surface area contributed by atoms with Gasteiger partial charge in [0.2, 0.25) is 0 Å². The summed E-state index contributed by atoms with van der Waals surface area (Å²) in [7, 11) is 0. The predicted molar refractivity (Wildman–Crippen MR) is 177 cm³/mol. The summed E-state index contributed by atoms with van der Waals surface area (Å²) in [4.78, 5) is 0. The molecule has 5 aromatic carbocycles. The zero-order valence-corrected chi connectivity index (χ0v) is 23.7. The van der Waals surface area contributed by atoms with Crippen molar-refractivity contribution in [1.82, 2.24) is 4.48 Å². The Bertz CT molecular complexity index is 2110. The van der Waals surface area contributed by atoms with Gasteiger partial charge in [0.05, 0.1) is 22.8 Å². The highest BCUT2D eigenvalue weighted by atomic mass is 32.1. The van der Waals surface area contributed by atoms with E-state index in [9.17, 15) is 0 Å². The maximum atomic E-state index is 3.76. The van der Waals surface area contributed by atoms with Crippen molar-refractivity contribution in [2.75, 3.05) is 11.9 Å². The number of fused-ring (bicyclic) bond motifs is 9. The van der Waals surface area contributed by atoms with Crippen LogP contribution in [0.1, 0.15) is 24.5 Å². The smallest absolute Gasteiger partial charge is 0.161 e. The molecule has 0 saturated carbocycles. The Labute approximate surface area is 244 Å². The molecule has 2 nitrogen and oxygen atoms in total. The van der Waals surface area contributed by atoms with Crippen LogP contribution in [0, 0.1) is 0 Å². The lowest BCUT2D eigenvalue weighted by atomic mass is 9.87. The van der Waals surface area contributed by atoms with Gasteiger partial charge in [-0.2, -0.15) is 0 Å². The number of benzene rings is 5. The van der Waals surface area contributed by atoms with Crippen molar-refractivity contribution < 1.29 is 0 Å². The standard InChI is InChI=1S/C38H29N2S/c1-2-40(36-16-9-13-30-29-12-5-8-17-37(29)41-38(30)36)34-15-7-4-11-28(34)31-22-24(19-21-35(31)40)25-18-20-27-26-10-3-6-14-32(26)39-33(27)23-25/h3-22,33,39H,2,23H2,1H3/q+1. The minimum absolute atomic E-state index is 0.337. The molecule has 3 heteroatoms. The van der Waals surface area contributed by atoms with Gasteiger partial charge in [-0.1, -0.05) is 72.8 Å². The number of thiophene rings is 1. The lowest BCUT2D eigenvalue weighted by Crippen LogP contribution is -2.36. The van der Waals surface area contributed by atoms with E-state index in [0.717, 1.165) is 17.4 Å². The molecule has 41 heavy (non-hydrogen) atoms. The molecule has 0 saturated heterocycles. The fourth-order valence-electron chi connectivity index (χ4n) is 7.63. The molecule has 1 aromatic heterocycles. The van der Waals surface area contributed by atoms with Crippen LogP contribution in [0.15, 0.2) is 121 Å². The second-order valence-corrected chi connectivity index (χ2v) is 12.4. The monoisotopic (exact) mass is 545 g/mol. The third-order valence-electron chi connectivity index (χ3n) is 9.48. The van der Waals surface area contributed by atoms with E-state index in [1.165, 1.54) is 76.3 Å². The van der Waals surface area contributed by atoms with Gasteiger partial charge >= 0.3 is 0 Å². The van der Waals surface area contributed by atoms with Crippen LogP contribution in [0.5, 0.6) is 0 Å². The molecule has 2 aliphatic heterocycles. The topological polar surface area (TPSA) is 12.0 Å².